The molecule has 0 aromatic carbocycles. The van der Waals surface area contributed by atoms with Crippen LogP contribution in [0.25, 0.3) is 0 Å². The Morgan fingerprint density at radius 3 is 2.27 bits per heavy atom. The third-order valence-corrected chi connectivity index (χ3v) is 2.10. The van der Waals surface area contributed by atoms with Crippen LogP contribution in [0.1, 0.15) is 12.8 Å². The third kappa shape index (κ3) is 1.40. The lowest BCUT2D eigenvalue weighted by atomic mass is 9.81. The van der Waals surface area contributed by atoms with Crippen LogP contribution in [0.5, 0.6) is 0 Å². The van der Waals surface area contributed by atoms with Gasteiger partial charge in [0.25, 0.3) is 0 Å². The molecule has 0 radical (unpaired) electrons. The first kappa shape index (κ1) is 8.20. The molecule has 1 rings (SSSR count). The summed E-state index contributed by atoms with van der Waals surface area (Å²) in [7, 11) is 0. The number of ether oxygens (including phenoxy) is 1. The van der Waals surface area contributed by atoms with E-state index in [0.29, 0.717) is 32.3 Å². The summed E-state index contributed by atoms with van der Waals surface area (Å²) in [4.78, 5) is 21.4. The summed E-state index contributed by atoms with van der Waals surface area (Å²) in [5.74, 6) is -0.532. The van der Waals surface area contributed by atoms with Crippen molar-refractivity contribution in [1.82, 2.24) is 0 Å². The van der Waals surface area contributed by atoms with E-state index in [1.54, 1.807) is 0 Å². The van der Waals surface area contributed by atoms with Crippen LogP contribution in [0.4, 0.5) is 0 Å². The Labute approximate surface area is 64.7 Å². The molecule has 2 N–H and O–H groups in total. The zero-order chi connectivity index (χ0) is 8.32. The standard InChI is InChI=1S/C7H11NO3/c8-6(10)7(5-9)1-3-11-4-2-7/h5H,1-4H2,(H2,8,10). The lowest BCUT2D eigenvalue weighted by Crippen LogP contribution is -2.42. The van der Waals surface area contributed by atoms with Gasteiger partial charge in [0.05, 0.1) is 0 Å². The number of hydrogen-bond acceptors (Lipinski definition) is 3. The first-order chi connectivity index (χ1) is 5.21. The molecule has 0 aliphatic carbocycles. The normalized spacial score (nSPS) is 22.5. The molecule has 1 fully saturated rings. The summed E-state index contributed by atoms with van der Waals surface area (Å²) in [5.41, 5.74) is 4.14. The average Bonchev–Trinajstić information content (AvgIpc) is 2.05. The highest BCUT2D eigenvalue weighted by Gasteiger charge is 2.37. The molecule has 0 atom stereocenters. The van der Waals surface area contributed by atoms with E-state index in [1.165, 1.54) is 0 Å². The molecule has 0 aromatic heterocycles. The highest BCUT2D eigenvalue weighted by molar-refractivity contribution is 5.95. The number of aldehydes is 1. The predicted octanol–water partition coefficient (Wildman–Crippen LogP) is -0.533. The second kappa shape index (κ2) is 3.00. The highest BCUT2D eigenvalue weighted by Crippen LogP contribution is 2.27. The molecule has 0 aromatic rings. The number of primary amides is 1. The Balaban J connectivity index is 2.72. The Morgan fingerprint density at radius 2 is 2.00 bits per heavy atom. The van der Waals surface area contributed by atoms with Crippen LogP contribution in [-0.2, 0) is 14.3 Å². The monoisotopic (exact) mass is 157 g/mol. The first-order valence-electron chi connectivity index (χ1n) is 3.55. The number of carbonyl (C=O) groups excluding carboxylic acids is 2. The molecule has 0 bridgehead atoms. The van der Waals surface area contributed by atoms with E-state index in [1.807, 2.05) is 0 Å². The molecule has 1 aliphatic heterocycles. The predicted molar refractivity (Wildman–Crippen MR) is 37.7 cm³/mol. The van der Waals surface area contributed by atoms with Gasteiger partial charge in [-0.1, -0.05) is 0 Å². The molecule has 4 nitrogen and oxygen atoms in total. The van der Waals surface area contributed by atoms with E-state index in [-0.39, 0.29) is 0 Å². The van der Waals surface area contributed by atoms with Crippen molar-refractivity contribution in [3.05, 3.63) is 0 Å². The van der Waals surface area contributed by atoms with Crippen LogP contribution in [0, 0.1) is 5.41 Å². The van der Waals surface area contributed by atoms with Crippen molar-refractivity contribution in [2.45, 2.75) is 12.8 Å². The van der Waals surface area contributed by atoms with Crippen molar-refractivity contribution in [3.63, 3.8) is 0 Å². The number of nitrogens with two attached hydrogens (primary N) is 1. The van der Waals surface area contributed by atoms with Crippen molar-refractivity contribution in [2.75, 3.05) is 13.2 Å². The van der Waals surface area contributed by atoms with Gasteiger partial charge in [-0.05, 0) is 12.8 Å². The molecule has 1 aliphatic rings. The van der Waals surface area contributed by atoms with Gasteiger partial charge in [0.1, 0.15) is 11.7 Å². The fraction of sp³-hybridized carbons (Fsp3) is 0.714. The van der Waals surface area contributed by atoms with Gasteiger partial charge in [-0.25, -0.2) is 0 Å². The van der Waals surface area contributed by atoms with Gasteiger partial charge in [0.15, 0.2) is 0 Å². The van der Waals surface area contributed by atoms with Gasteiger partial charge in [-0.15, -0.1) is 0 Å². The minimum atomic E-state index is -0.946. The maximum Gasteiger partial charge on any atom is 0.230 e. The van der Waals surface area contributed by atoms with Gasteiger partial charge >= 0.3 is 0 Å². The van der Waals surface area contributed by atoms with Crippen molar-refractivity contribution in [2.24, 2.45) is 11.1 Å². The Bertz CT molecular complexity index is 173. The lowest BCUT2D eigenvalue weighted by Gasteiger charge is -2.28. The van der Waals surface area contributed by atoms with Crippen LogP contribution in [-0.4, -0.2) is 25.4 Å². The number of hydrogen-bond donors (Lipinski definition) is 1. The molecular formula is C7H11NO3. The highest BCUT2D eigenvalue weighted by atomic mass is 16.5. The summed E-state index contributed by atoms with van der Waals surface area (Å²) in [6.45, 7) is 0.892. The Kier molecular flexibility index (Phi) is 2.24. The fourth-order valence-electron chi connectivity index (χ4n) is 1.16. The van der Waals surface area contributed by atoms with Crippen molar-refractivity contribution in [3.8, 4) is 0 Å². The minimum absolute atomic E-state index is 0.422. The molecule has 0 saturated carbocycles. The fourth-order valence-corrected chi connectivity index (χ4v) is 1.16. The zero-order valence-electron chi connectivity index (χ0n) is 6.21. The van der Waals surface area contributed by atoms with Gasteiger partial charge in [0.2, 0.25) is 5.91 Å². The Hall–Kier alpha value is -0.900. The third-order valence-electron chi connectivity index (χ3n) is 2.10. The minimum Gasteiger partial charge on any atom is -0.381 e. The van der Waals surface area contributed by atoms with E-state index in [9.17, 15) is 9.59 Å². The van der Waals surface area contributed by atoms with E-state index in [4.69, 9.17) is 10.5 Å². The van der Waals surface area contributed by atoms with Gasteiger partial charge < -0.3 is 15.3 Å². The quantitative estimate of drug-likeness (QED) is 0.432. The van der Waals surface area contributed by atoms with Gasteiger partial charge in [0, 0.05) is 13.2 Å². The summed E-state index contributed by atoms with van der Waals surface area (Å²) in [6.07, 6.45) is 1.50. The van der Waals surface area contributed by atoms with Crippen molar-refractivity contribution in [1.29, 1.82) is 0 Å². The molecule has 0 spiro atoms. The van der Waals surface area contributed by atoms with Crippen LogP contribution >= 0.6 is 0 Å². The largest absolute Gasteiger partial charge is 0.381 e. The number of rotatable bonds is 2. The summed E-state index contributed by atoms with van der Waals surface area (Å²) < 4.78 is 5.01. The van der Waals surface area contributed by atoms with E-state index < -0.39 is 11.3 Å². The molecule has 1 amide bonds. The second-order valence-corrected chi connectivity index (χ2v) is 2.75. The van der Waals surface area contributed by atoms with Crippen LogP contribution in [0.3, 0.4) is 0 Å². The first-order valence-corrected chi connectivity index (χ1v) is 3.55. The molecule has 1 heterocycles. The van der Waals surface area contributed by atoms with E-state index in [2.05, 4.69) is 0 Å². The van der Waals surface area contributed by atoms with Gasteiger partial charge in [-0.3, -0.25) is 4.79 Å². The van der Waals surface area contributed by atoms with Crippen molar-refractivity contribution >= 4 is 12.2 Å². The zero-order valence-corrected chi connectivity index (χ0v) is 6.21. The molecule has 11 heavy (non-hydrogen) atoms. The average molecular weight is 157 g/mol. The summed E-state index contributed by atoms with van der Waals surface area (Å²) in [5, 5.41) is 0. The molecule has 1 saturated heterocycles. The van der Waals surface area contributed by atoms with Crippen molar-refractivity contribution < 1.29 is 14.3 Å². The van der Waals surface area contributed by atoms with Gasteiger partial charge in [-0.2, -0.15) is 0 Å². The SMILES string of the molecule is NC(=O)C1(C=O)CCOCC1. The maximum absolute atomic E-state index is 10.8. The molecular weight excluding hydrogens is 146 g/mol. The smallest absolute Gasteiger partial charge is 0.230 e. The van der Waals surface area contributed by atoms with Crippen LogP contribution in [0.15, 0.2) is 0 Å². The Morgan fingerprint density at radius 1 is 1.45 bits per heavy atom. The van der Waals surface area contributed by atoms with E-state index in [0.717, 1.165) is 0 Å². The number of amides is 1. The molecule has 0 unspecified atom stereocenters. The van der Waals surface area contributed by atoms with Crippen LogP contribution < -0.4 is 5.73 Å². The summed E-state index contributed by atoms with van der Waals surface area (Å²) in [6, 6.07) is 0. The van der Waals surface area contributed by atoms with Crippen LogP contribution in [0.2, 0.25) is 0 Å². The summed E-state index contributed by atoms with van der Waals surface area (Å²) >= 11 is 0. The molecule has 62 valence electrons. The molecule has 4 heteroatoms. The number of carbonyl (C=O) groups is 2. The van der Waals surface area contributed by atoms with E-state index >= 15 is 0 Å². The topological polar surface area (TPSA) is 69.4 Å². The lowest BCUT2D eigenvalue weighted by molar-refractivity contribution is -0.139. The maximum atomic E-state index is 10.8. The second-order valence-electron chi connectivity index (χ2n) is 2.75.